The summed E-state index contributed by atoms with van der Waals surface area (Å²) in [6.45, 7) is 2.35. The van der Waals surface area contributed by atoms with Crippen molar-refractivity contribution in [3.8, 4) is 11.8 Å². The van der Waals surface area contributed by atoms with Crippen LogP contribution in [-0.4, -0.2) is 5.11 Å². The Labute approximate surface area is 112 Å². The molecule has 0 spiro atoms. The Morgan fingerprint density at radius 2 is 1.84 bits per heavy atom. The van der Waals surface area contributed by atoms with E-state index in [2.05, 4.69) is 0 Å². The van der Waals surface area contributed by atoms with Crippen LogP contribution in [0.25, 0.3) is 0 Å². The van der Waals surface area contributed by atoms with Gasteiger partial charge in [0.15, 0.2) is 6.10 Å². The van der Waals surface area contributed by atoms with E-state index in [1.807, 2.05) is 49.4 Å². The van der Waals surface area contributed by atoms with Crippen LogP contribution >= 0.6 is 0 Å². The van der Waals surface area contributed by atoms with E-state index in [0.717, 1.165) is 11.3 Å². The predicted molar refractivity (Wildman–Crippen MR) is 72.5 cm³/mol. The van der Waals surface area contributed by atoms with Gasteiger partial charge < -0.3 is 9.84 Å². The molecular formula is C16H15NO2. The lowest BCUT2D eigenvalue weighted by Crippen LogP contribution is -2.03. The van der Waals surface area contributed by atoms with E-state index in [0.29, 0.717) is 12.2 Å². The minimum atomic E-state index is -1.11. The van der Waals surface area contributed by atoms with Crippen molar-refractivity contribution < 1.29 is 9.84 Å². The highest BCUT2D eigenvalue weighted by Crippen LogP contribution is 2.20. The first kappa shape index (κ1) is 13.1. The second-order valence-electron chi connectivity index (χ2n) is 4.33. The summed E-state index contributed by atoms with van der Waals surface area (Å²) in [6, 6.07) is 16.8. The molecule has 2 aromatic rings. The minimum Gasteiger partial charge on any atom is -0.489 e. The lowest BCUT2D eigenvalue weighted by Gasteiger charge is -2.11. The summed E-state index contributed by atoms with van der Waals surface area (Å²) in [5.74, 6) is 0.770. The van der Waals surface area contributed by atoms with Gasteiger partial charge in [0.25, 0.3) is 0 Å². The average Bonchev–Trinajstić information content (AvgIpc) is 2.46. The monoisotopic (exact) mass is 253 g/mol. The molecule has 1 N–H and O–H groups in total. The Balaban J connectivity index is 2.11. The van der Waals surface area contributed by atoms with Crippen molar-refractivity contribution in [2.45, 2.75) is 19.6 Å². The number of aryl methyl sites for hydroxylation is 1. The van der Waals surface area contributed by atoms with E-state index < -0.39 is 6.10 Å². The fourth-order valence-corrected chi connectivity index (χ4v) is 1.80. The van der Waals surface area contributed by atoms with Crippen LogP contribution < -0.4 is 4.74 Å². The molecule has 1 atom stereocenters. The normalized spacial score (nSPS) is 11.6. The molecular weight excluding hydrogens is 238 g/mol. The quantitative estimate of drug-likeness (QED) is 0.852. The third-order valence-electron chi connectivity index (χ3n) is 2.89. The molecule has 0 aromatic heterocycles. The highest BCUT2D eigenvalue weighted by atomic mass is 16.5. The number of hydrogen-bond acceptors (Lipinski definition) is 3. The second-order valence-corrected chi connectivity index (χ2v) is 4.33. The van der Waals surface area contributed by atoms with Crippen molar-refractivity contribution in [3.05, 3.63) is 65.2 Å². The van der Waals surface area contributed by atoms with Crippen molar-refractivity contribution in [1.82, 2.24) is 0 Å². The lowest BCUT2D eigenvalue weighted by molar-refractivity contribution is 0.229. The van der Waals surface area contributed by atoms with Crippen LogP contribution in [-0.2, 0) is 6.61 Å². The molecule has 96 valence electrons. The molecule has 3 nitrogen and oxygen atoms in total. The van der Waals surface area contributed by atoms with E-state index >= 15 is 0 Å². The first-order chi connectivity index (χ1) is 9.20. The summed E-state index contributed by atoms with van der Waals surface area (Å²) in [7, 11) is 0. The fourth-order valence-electron chi connectivity index (χ4n) is 1.80. The highest BCUT2D eigenvalue weighted by Gasteiger charge is 2.11. The summed E-state index contributed by atoms with van der Waals surface area (Å²) < 4.78 is 5.66. The van der Waals surface area contributed by atoms with E-state index in [9.17, 15) is 5.11 Å². The third-order valence-corrected chi connectivity index (χ3v) is 2.89. The second kappa shape index (κ2) is 6.03. The zero-order chi connectivity index (χ0) is 13.7. The van der Waals surface area contributed by atoms with Crippen molar-refractivity contribution >= 4 is 0 Å². The Hall–Kier alpha value is -2.31. The first-order valence-electron chi connectivity index (χ1n) is 6.05. The van der Waals surface area contributed by atoms with Gasteiger partial charge in [0.2, 0.25) is 0 Å². The molecule has 19 heavy (non-hydrogen) atoms. The zero-order valence-corrected chi connectivity index (χ0v) is 10.7. The van der Waals surface area contributed by atoms with Crippen LogP contribution in [0.5, 0.6) is 5.75 Å². The van der Waals surface area contributed by atoms with Crippen molar-refractivity contribution in [2.24, 2.45) is 0 Å². The Morgan fingerprint density at radius 1 is 1.16 bits per heavy atom. The van der Waals surface area contributed by atoms with Gasteiger partial charge in [-0.3, -0.25) is 0 Å². The van der Waals surface area contributed by atoms with E-state index in [-0.39, 0.29) is 0 Å². The SMILES string of the molecule is Cc1ccc(OCc2ccccc2[C@@H](O)C#N)cc1. The van der Waals surface area contributed by atoms with Crippen LogP contribution in [0, 0.1) is 18.3 Å². The number of ether oxygens (including phenoxy) is 1. The van der Waals surface area contributed by atoms with Gasteiger partial charge in [-0.2, -0.15) is 5.26 Å². The third kappa shape index (κ3) is 3.34. The van der Waals surface area contributed by atoms with Gasteiger partial charge in [-0.1, -0.05) is 42.0 Å². The maximum Gasteiger partial charge on any atom is 0.166 e. The van der Waals surface area contributed by atoms with Gasteiger partial charge in [0.05, 0.1) is 6.07 Å². The summed E-state index contributed by atoms with van der Waals surface area (Å²) in [5, 5.41) is 18.4. The summed E-state index contributed by atoms with van der Waals surface area (Å²) in [4.78, 5) is 0. The molecule has 0 aliphatic carbocycles. The molecule has 0 amide bonds. The van der Waals surface area contributed by atoms with Gasteiger partial charge in [-0.05, 0) is 24.6 Å². The zero-order valence-electron chi connectivity index (χ0n) is 10.7. The van der Waals surface area contributed by atoms with E-state index in [1.165, 1.54) is 5.56 Å². The molecule has 0 saturated heterocycles. The van der Waals surface area contributed by atoms with Gasteiger partial charge in [0.1, 0.15) is 12.4 Å². The van der Waals surface area contributed by atoms with Crippen LogP contribution in [0.2, 0.25) is 0 Å². The predicted octanol–water partition coefficient (Wildman–Crippen LogP) is 3.13. The number of benzene rings is 2. The molecule has 0 aliphatic heterocycles. The molecule has 0 heterocycles. The summed E-state index contributed by atoms with van der Waals surface area (Å²) in [5.41, 5.74) is 2.59. The lowest BCUT2D eigenvalue weighted by atomic mass is 10.0. The molecule has 0 radical (unpaired) electrons. The Morgan fingerprint density at radius 3 is 2.53 bits per heavy atom. The van der Waals surface area contributed by atoms with Gasteiger partial charge >= 0.3 is 0 Å². The largest absolute Gasteiger partial charge is 0.489 e. The average molecular weight is 253 g/mol. The van der Waals surface area contributed by atoms with Gasteiger partial charge in [-0.15, -0.1) is 0 Å². The summed E-state index contributed by atoms with van der Waals surface area (Å²) >= 11 is 0. The van der Waals surface area contributed by atoms with Crippen LogP contribution in [0.1, 0.15) is 22.8 Å². The van der Waals surface area contributed by atoms with Crippen LogP contribution in [0.3, 0.4) is 0 Å². The molecule has 0 bridgehead atoms. The number of nitrogens with zero attached hydrogens (tertiary/aromatic N) is 1. The maximum absolute atomic E-state index is 9.63. The molecule has 0 fully saturated rings. The molecule has 0 aliphatic rings. The van der Waals surface area contributed by atoms with Crippen LogP contribution in [0.4, 0.5) is 0 Å². The number of aliphatic hydroxyl groups is 1. The van der Waals surface area contributed by atoms with Crippen LogP contribution in [0.15, 0.2) is 48.5 Å². The maximum atomic E-state index is 9.63. The first-order valence-corrected chi connectivity index (χ1v) is 6.05. The molecule has 2 rings (SSSR count). The number of hydrogen-bond donors (Lipinski definition) is 1. The highest BCUT2D eigenvalue weighted by molar-refractivity contribution is 5.32. The Bertz CT molecular complexity index is 584. The summed E-state index contributed by atoms with van der Waals surface area (Å²) in [6.07, 6.45) is -1.11. The molecule has 0 saturated carbocycles. The Kier molecular flexibility index (Phi) is 4.17. The number of aliphatic hydroxyl groups excluding tert-OH is 1. The van der Waals surface area contributed by atoms with Crippen molar-refractivity contribution in [3.63, 3.8) is 0 Å². The van der Waals surface area contributed by atoms with Gasteiger partial charge in [0, 0.05) is 5.56 Å². The van der Waals surface area contributed by atoms with Crippen molar-refractivity contribution in [1.29, 1.82) is 5.26 Å². The topological polar surface area (TPSA) is 53.2 Å². The number of nitriles is 1. The van der Waals surface area contributed by atoms with Crippen molar-refractivity contribution in [2.75, 3.05) is 0 Å². The standard InChI is InChI=1S/C16H15NO2/c1-12-6-8-14(9-7-12)19-11-13-4-2-3-5-15(13)16(18)10-17/h2-9,16,18H,11H2,1H3/t16-/m0/s1. The molecule has 3 heteroatoms. The van der Waals surface area contributed by atoms with E-state index in [1.54, 1.807) is 12.1 Å². The van der Waals surface area contributed by atoms with Gasteiger partial charge in [-0.25, -0.2) is 0 Å². The smallest absolute Gasteiger partial charge is 0.166 e. The molecule has 0 unspecified atom stereocenters. The minimum absolute atomic E-state index is 0.331. The van der Waals surface area contributed by atoms with E-state index in [4.69, 9.17) is 10.00 Å². The molecule has 2 aromatic carbocycles. The fraction of sp³-hybridized carbons (Fsp3) is 0.188. The number of rotatable bonds is 4.